The number of hydrogen-bond donors (Lipinski definition) is 1. The Kier molecular flexibility index (Phi) is 4.18. The molecule has 1 saturated heterocycles. The fourth-order valence-corrected chi connectivity index (χ4v) is 3.10. The fraction of sp³-hybridized carbons (Fsp3) is 0.471. The molecular formula is C17H19F3N6. The Morgan fingerprint density at radius 2 is 2.12 bits per heavy atom. The third kappa shape index (κ3) is 3.18. The van der Waals surface area contributed by atoms with Gasteiger partial charge in [0.2, 0.25) is 5.95 Å². The third-order valence-corrected chi connectivity index (χ3v) is 4.78. The highest BCUT2D eigenvalue weighted by molar-refractivity contribution is 5.63. The van der Waals surface area contributed by atoms with E-state index in [4.69, 9.17) is 0 Å². The average molecular weight is 364 g/mol. The maximum absolute atomic E-state index is 13.3. The van der Waals surface area contributed by atoms with Gasteiger partial charge in [0.25, 0.3) is 0 Å². The highest BCUT2D eigenvalue weighted by atomic mass is 19.4. The Hall–Kier alpha value is -2.42. The number of halogens is 3. The molecule has 0 radical (unpaired) electrons. The van der Waals surface area contributed by atoms with Crippen molar-refractivity contribution in [3.8, 4) is 5.82 Å². The van der Waals surface area contributed by atoms with E-state index in [2.05, 4.69) is 20.4 Å². The first-order valence-corrected chi connectivity index (χ1v) is 8.61. The summed E-state index contributed by atoms with van der Waals surface area (Å²) in [6, 6.07) is 2.89. The summed E-state index contributed by atoms with van der Waals surface area (Å²) >= 11 is 0. The highest BCUT2D eigenvalue weighted by Gasteiger charge is 2.36. The van der Waals surface area contributed by atoms with Gasteiger partial charge in [-0.05, 0) is 37.9 Å². The summed E-state index contributed by atoms with van der Waals surface area (Å²) in [7, 11) is 0. The van der Waals surface area contributed by atoms with Gasteiger partial charge in [-0.15, -0.1) is 0 Å². The number of alkyl halides is 3. The molecule has 2 aliphatic heterocycles. The number of anilines is 1. The van der Waals surface area contributed by atoms with Crippen LogP contribution in [0.1, 0.15) is 31.2 Å². The molecule has 26 heavy (non-hydrogen) atoms. The van der Waals surface area contributed by atoms with Gasteiger partial charge in [-0.3, -0.25) is 0 Å². The molecule has 0 aromatic carbocycles. The molecule has 2 aromatic heterocycles. The SMILES string of the molecule is C[C@H]1CCN1c1nc(-n2ccc(C3=CCNCC3)n2)cc(C(F)(F)F)n1. The molecule has 2 aliphatic rings. The second kappa shape index (κ2) is 6.39. The van der Waals surface area contributed by atoms with Gasteiger partial charge in [0, 0.05) is 31.4 Å². The second-order valence-corrected chi connectivity index (χ2v) is 6.57. The van der Waals surface area contributed by atoms with Crippen LogP contribution in [-0.2, 0) is 6.18 Å². The molecule has 1 N–H and O–H groups in total. The van der Waals surface area contributed by atoms with E-state index >= 15 is 0 Å². The largest absolute Gasteiger partial charge is 0.433 e. The zero-order valence-electron chi connectivity index (χ0n) is 14.3. The average Bonchev–Trinajstić information content (AvgIpc) is 3.10. The molecule has 0 bridgehead atoms. The first-order valence-electron chi connectivity index (χ1n) is 8.61. The quantitative estimate of drug-likeness (QED) is 0.907. The van der Waals surface area contributed by atoms with Gasteiger partial charge >= 0.3 is 6.18 Å². The minimum absolute atomic E-state index is 0.103. The lowest BCUT2D eigenvalue weighted by Crippen LogP contribution is -2.47. The maximum Gasteiger partial charge on any atom is 0.433 e. The van der Waals surface area contributed by atoms with E-state index in [1.165, 1.54) is 4.68 Å². The summed E-state index contributed by atoms with van der Waals surface area (Å²) in [5, 5.41) is 7.66. The van der Waals surface area contributed by atoms with E-state index in [9.17, 15) is 13.2 Å². The lowest BCUT2D eigenvalue weighted by molar-refractivity contribution is -0.141. The lowest BCUT2D eigenvalue weighted by atomic mass is 10.1. The number of rotatable bonds is 3. The smallest absolute Gasteiger partial charge is 0.338 e. The van der Waals surface area contributed by atoms with Crippen molar-refractivity contribution in [3.63, 3.8) is 0 Å². The number of aromatic nitrogens is 4. The Bertz CT molecular complexity index is 841. The predicted molar refractivity (Wildman–Crippen MR) is 91.0 cm³/mol. The van der Waals surface area contributed by atoms with E-state index in [1.54, 1.807) is 17.2 Å². The Morgan fingerprint density at radius 1 is 1.27 bits per heavy atom. The molecule has 4 heterocycles. The minimum atomic E-state index is -4.53. The number of nitrogens with zero attached hydrogens (tertiary/aromatic N) is 5. The van der Waals surface area contributed by atoms with Crippen molar-refractivity contribution < 1.29 is 13.2 Å². The van der Waals surface area contributed by atoms with Crippen molar-refractivity contribution in [2.75, 3.05) is 24.5 Å². The van der Waals surface area contributed by atoms with E-state index in [1.807, 2.05) is 13.0 Å². The standard InChI is InChI=1S/C17H19F3N6/c1-11-4-8-25(11)16-22-14(17(18,19)20)10-15(23-16)26-9-5-13(24-26)12-2-6-21-7-3-12/h2,5,9-11,21H,3-4,6-8H2,1H3/t11-/m0/s1. The summed E-state index contributed by atoms with van der Waals surface area (Å²) in [4.78, 5) is 9.84. The molecular weight excluding hydrogens is 345 g/mol. The van der Waals surface area contributed by atoms with Crippen LogP contribution >= 0.6 is 0 Å². The van der Waals surface area contributed by atoms with Gasteiger partial charge in [-0.1, -0.05) is 6.08 Å². The number of nitrogens with one attached hydrogen (secondary N) is 1. The van der Waals surface area contributed by atoms with Crippen molar-refractivity contribution in [3.05, 3.63) is 35.8 Å². The zero-order valence-corrected chi connectivity index (χ0v) is 14.3. The van der Waals surface area contributed by atoms with E-state index in [-0.39, 0.29) is 17.8 Å². The molecule has 9 heteroatoms. The highest BCUT2D eigenvalue weighted by Crippen LogP contribution is 2.32. The molecule has 0 aliphatic carbocycles. The van der Waals surface area contributed by atoms with E-state index in [0.717, 1.165) is 43.3 Å². The first-order chi connectivity index (χ1) is 12.4. The van der Waals surface area contributed by atoms with Gasteiger partial charge in [0.15, 0.2) is 11.5 Å². The van der Waals surface area contributed by atoms with Crippen molar-refractivity contribution >= 4 is 11.5 Å². The molecule has 2 aromatic rings. The molecule has 6 nitrogen and oxygen atoms in total. The maximum atomic E-state index is 13.3. The predicted octanol–water partition coefficient (Wildman–Crippen LogP) is 2.66. The molecule has 1 fully saturated rings. The van der Waals surface area contributed by atoms with Crippen LogP contribution in [0.25, 0.3) is 11.4 Å². The molecule has 1 atom stereocenters. The zero-order chi connectivity index (χ0) is 18.3. The summed E-state index contributed by atoms with van der Waals surface area (Å²) in [6.45, 7) is 4.24. The molecule has 0 saturated carbocycles. The summed E-state index contributed by atoms with van der Waals surface area (Å²) in [6.07, 6.45) is 0.913. The normalized spacial score (nSPS) is 20.7. The fourth-order valence-electron chi connectivity index (χ4n) is 3.10. The molecule has 0 spiro atoms. The van der Waals surface area contributed by atoms with Crippen LogP contribution in [-0.4, -0.2) is 45.4 Å². The lowest BCUT2D eigenvalue weighted by Gasteiger charge is -2.38. The first kappa shape index (κ1) is 17.0. The van der Waals surface area contributed by atoms with E-state index < -0.39 is 11.9 Å². The molecule has 138 valence electrons. The van der Waals surface area contributed by atoms with Gasteiger partial charge in [0.1, 0.15) is 0 Å². The van der Waals surface area contributed by atoms with Crippen molar-refractivity contribution in [2.24, 2.45) is 0 Å². The van der Waals surface area contributed by atoms with Crippen LogP contribution in [0, 0.1) is 0 Å². The topological polar surface area (TPSA) is 58.9 Å². The van der Waals surface area contributed by atoms with Crippen LogP contribution in [0.5, 0.6) is 0 Å². The summed E-state index contributed by atoms with van der Waals surface area (Å²) < 4.78 is 41.3. The monoisotopic (exact) mass is 364 g/mol. The van der Waals surface area contributed by atoms with Crippen LogP contribution in [0.2, 0.25) is 0 Å². The minimum Gasteiger partial charge on any atom is -0.338 e. The van der Waals surface area contributed by atoms with Crippen molar-refractivity contribution in [1.82, 2.24) is 25.1 Å². The van der Waals surface area contributed by atoms with Crippen LogP contribution in [0.4, 0.5) is 19.1 Å². The van der Waals surface area contributed by atoms with Gasteiger partial charge in [-0.2, -0.15) is 23.3 Å². The van der Waals surface area contributed by atoms with Crippen LogP contribution in [0.3, 0.4) is 0 Å². The molecule has 0 unspecified atom stereocenters. The molecule has 4 rings (SSSR count). The van der Waals surface area contributed by atoms with E-state index in [0.29, 0.717) is 6.54 Å². The Morgan fingerprint density at radius 3 is 2.73 bits per heavy atom. The summed E-state index contributed by atoms with van der Waals surface area (Å²) in [5.74, 6) is 0.230. The van der Waals surface area contributed by atoms with Gasteiger partial charge in [-0.25, -0.2) is 9.67 Å². The van der Waals surface area contributed by atoms with Crippen LogP contribution in [0.15, 0.2) is 24.4 Å². The Labute approximate surface area is 148 Å². The molecule has 0 amide bonds. The Balaban J connectivity index is 1.72. The van der Waals surface area contributed by atoms with Gasteiger partial charge < -0.3 is 10.2 Å². The number of hydrogen-bond acceptors (Lipinski definition) is 5. The third-order valence-electron chi connectivity index (χ3n) is 4.78. The van der Waals surface area contributed by atoms with Crippen molar-refractivity contribution in [2.45, 2.75) is 32.0 Å². The second-order valence-electron chi connectivity index (χ2n) is 6.57. The van der Waals surface area contributed by atoms with Crippen molar-refractivity contribution in [1.29, 1.82) is 0 Å². The summed E-state index contributed by atoms with van der Waals surface area (Å²) in [5.41, 5.74) is 0.900. The van der Waals surface area contributed by atoms with Crippen LogP contribution < -0.4 is 10.2 Å². The van der Waals surface area contributed by atoms with Gasteiger partial charge in [0.05, 0.1) is 5.69 Å².